The molecule has 0 aliphatic carbocycles. The van der Waals surface area contributed by atoms with E-state index in [1.807, 2.05) is 0 Å². The molecule has 0 radical (unpaired) electrons. The number of pyridine rings is 1. The Bertz CT molecular complexity index is 584. The maximum absolute atomic E-state index is 12.7. The van der Waals surface area contributed by atoms with Gasteiger partial charge in [-0.25, -0.2) is 9.37 Å². The number of aromatic nitrogens is 1. The molecule has 0 aliphatic heterocycles. The van der Waals surface area contributed by atoms with Crippen molar-refractivity contribution in [2.24, 2.45) is 0 Å². The number of nitrogens with zero attached hydrogens (tertiary/aromatic N) is 1. The highest BCUT2D eigenvalue weighted by molar-refractivity contribution is 6.32. The summed E-state index contributed by atoms with van der Waals surface area (Å²) in [5.41, 5.74) is 0.552. The molecule has 0 atom stereocenters. The highest BCUT2D eigenvalue weighted by atomic mass is 35.5. The molecule has 3 nitrogen and oxygen atoms in total. The Morgan fingerprint density at radius 3 is 2.72 bits per heavy atom. The van der Waals surface area contributed by atoms with E-state index in [1.165, 1.54) is 25.3 Å². The van der Waals surface area contributed by atoms with Crippen LogP contribution in [0.5, 0.6) is 5.75 Å². The zero-order valence-corrected chi connectivity index (χ0v) is 10.2. The number of rotatable bonds is 3. The van der Waals surface area contributed by atoms with E-state index >= 15 is 0 Å². The van der Waals surface area contributed by atoms with Crippen LogP contribution in [0.15, 0.2) is 36.5 Å². The predicted octanol–water partition coefficient (Wildman–Crippen LogP) is 3.11. The SMILES string of the molecule is COc1cc(C(=O)c2ccc(F)cn2)ccc1Cl. The molecule has 0 fully saturated rings. The fraction of sp³-hybridized carbons (Fsp3) is 0.0769. The molecule has 0 unspecified atom stereocenters. The van der Waals surface area contributed by atoms with Gasteiger partial charge in [-0.05, 0) is 30.3 Å². The van der Waals surface area contributed by atoms with Gasteiger partial charge in [0.2, 0.25) is 5.78 Å². The third kappa shape index (κ3) is 2.49. The minimum absolute atomic E-state index is 0.167. The lowest BCUT2D eigenvalue weighted by Gasteiger charge is -2.05. The summed E-state index contributed by atoms with van der Waals surface area (Å²) in [5.74, 6) is -0.394. The van der Waals surface area contributed by atoms with E-state index in [2.05, 4.69) is 4.98 Å². The van der Waals surface area contributed by atoms with Crippen molar-refractivity contribution in [1.29, 1.82) is 0 Å². The van der Waals surface area contributed by atoms with Crippen molar-refractivity contribution in [3.05, 3.63) is 58.6 Å². The highest BCUT2D eigenvalue weighted by Gasteiger charge is 2.12. The maximum atomic E-state index is 12.7. The van der Waals surface area contributed by atoms with Crippen LogP contribution >= 0.6 is 11.6 Å². The van der Waals surface area contributed by atoms with Gasteiger partial charge in [0, 0.05) is 5.56 Å². The van der Waals surface area contributed by atoms with Crippen LogP contribution in [-0.2, 0) is 0 Å². The first-order valence-corrected chi connectivity index (χ1v) is 5.49. The predicted molar refractivity (Wildman–Crippen MR) is 65.6 cm³/mol. The smallest absolute Gasteiger partial charge is 0.211 e. The van der Waals surface area contributed by atoms with E-state index < -0.39 is 5.82 Å². The summed E-state index contributed by atoms with van der Waals surface area (Å²) in [6.07, 6.45) is 1.00. The molecule has 1 heterocycles. The average molecular weight is 266 g/mol. The van der Waals surface area contributed by atoms with Crippen molar-refractivity contribution < 1.29 is 13.9 Å². The van der Waals surface area contributed by atoms with Crippen molar-refractivity contribution in [3.63, 3.8) is 0 Å². The second-order valence-electron chi connectivity index (χ2n) is 3.54. The third-order valence-corrected chi connectivity index (χ3v) is 2.69. The number of ketones is 1. The van der Waals surface area contributed by atoms with Gasteiger partial charge in [0.05, 0.1) is 18.3 Å². The van der Waals surface area contributed by atoms with Crippen molar-refractivity contribution in [2.75, 3.05) is 7.11 Å². The van der Waals surface area contributed by atoms with Crippen LogP contribution < -0.4 is 4.74 Å². The molecule has 1 aromatic carbocycles. The summed E-state index contributed by atoms with van der Waals surface area (Å²) in [4.78, 5) is 15.8. The summed E-state index contributed by atoms with van der Waals surface area (Å²) in [7, 11) is 1.46. The lowest BCUT2D eigenvalue weighted by atomic mass is 10.1. The largest absolute Gasteiger partial charge is 0.495 e. The number of hydrogen-bond acceptors (Lipinski definition) is 3. The lowest BCUT2D eigenvalue weighted by molar-refractivity contribution is 0.103. The summed E-state index contributed by atoms with van der Waals surface area (Å²) in [6, 6.07) is 7.18. The van der Waals surface area contributed by atoms with Crippen LogP contribution in [0, 0.1) is 5.82 Å². The highest BCUT2D eigenvalue weighted by Crippen LogP contribution is 2.25. The molecule has 92 valence electrons. The second kappa shape index (κ2) is 5.14. The Morgan fingerprint density at radius 2 is 2.11 bits per heavy atom. The molecule has 1 aromatic heterocycles. The van der Waals surface area contributed by atoms with Crippen LogP contribution in [0.1, 0.15) is 16.1 Å². The number of methoxy groups -OCH3 is 1. The molecule has 2 aromatic rings. The summed E-state index contributed by atoms with van der Waals surface area (Å²) in [6.45, 7) is 0. The topological polar surface area (TPSA) is 39.2 Å². The second-order valence-corrected chi connectivity index (χ2v) is 3.95. The van der Waals surface area contributed by atoms with E-state index in [-0.39, 0.29) is 11.5 Å². The minimum Gasteiger partial charge on any atom is -0.495 e. The Labute approximate surface area is 108 Å². The Balaban J connectivity index is 2.37. The van der Waals surface area contributed by atoms with E-state index in [1.54, 1.807) is 12.1 Å². The van der Waals surface area contributed by atoms with E-state index in [4.69, 9.17) is 16.3 Å². The van der Waals surface area contributed by atoms with Gasteiger partial charge in [-0.1, -0.05) is 11.6 Å². The van der Waals surface area contributed by atoms with Crippen LogP contribution in [-0.4, -0.2) is 17.9 Å². The Hall–Kier alpha value is -1.94. The number of benzene rings is 1. The van der Waals surface area contributed by atoms with Crippen molar-refractivity contribution in [1.82, 2.24) is 4.98 Å². The van der Waals surface area contributed by atoms with Gasteiger partial charge in [-0.3, -0.25) is 4.79 Å². The Morgan fingerprint density at radius 1 is 1.33 bits per heavy atom. The van der Waals surface area contributed by atoms with E-state index in [0.29, 0.717) is 16.3 Å². The average Bonchev–Trinajstić information content (AvgIpc) is 2.39. The maximum Gasteiger partial charge on any atom is 0.211 e. The zero-order chi connectivity index (χ0) is 13.1. The van der Waals surface area contributed by atoms with E-state index in [9.17, 15) is 9.18 Å². The van der Waals surface area contributed by atoms with Crippen molar-refractivity contribution in [2.45, 2.75) is 0 Å². The number of carbonyl (C=O) groups excluding carboxylic acids is 1. The van der Waals surface area contributed by atoms with Crippen molar-refractivity contribution >= 4 is 17.4 Å². The standard InChI is InChI=1S/C13H9ClFNO2/c1-18-12-6-8(2-4-10(12)14)13(17)11-5-3-9(15)7-16-11/h2-7H,1H3. The number of ether oxygens (including phenoxy) is 1. The number of hydrogen-bond donors (Lipinski definition) is 0. The van der Waals surface area contributed by atoms with E-state index in [0.717, 1.165) is 6.20 Å². The molecule has 0 N–H and O–H groups in total. The molecule has 0 aliphatic rings. The van der Waals surface area contributed by atoms with Gasteiger partial charge in [0.25, 0.3) is 0 Å². The van der Waals surface area contributed by atoms with Gasteiger partial charge >= 0.3 is 0 Å². The molecule has 18 heavy (non-hydrogen) atoms. The molecule has 0 spiro atoms. The van der Waals surface area contributed by atoms with Gasteiger partial charge in [0.1, 0.15) is 17.3 Å². The molecule has 0 bridgehead atoms. The zero-order valence-electron chi connectivity index (χ0n) is 9.48. The lowest BCUT2D eigenvalue weighted by Crippen LogP contribution is -2.04. The molecule has 0 saturated carbocycles. The summed E-state index contributed by atoms with van der Waals surface area (Å²) < 4.78 is 17.7. The third-order valence-electron chi connectivity index (χ3n) is 2.37. The fourth-order valence-electron chi connectivity index (χ4n) is 1.46. The first-order valence-electron chi connectivity index (χ1n) is 5.11. The van der Waals surface area contributed by atoms with Crippen LogP contribution in [0.25, 0.3) is 0 Å². The summed E-state index contributed by atoms with van der Waals surface area (Å²) >= 11 is 5.87. The van der Waals surface area contributed by atoms with Crippen LogP contribution in [0.4, 0.5) is 4.39 Å². The van der Waals surface area contributed by atoms with Gasteiger partial charge < -0.3 is 4.74 Å². The quantitative estimate of drug-likeness (QED) is 0.801. The minimum atomic E-state index is -0.486. The first-order chi connectivity index (χ1) is 8.61. The first kappa shape index (κ1) is 12.5. The normalized spacial score (nSPS) is 10.2. The molecular formula is C13H9ClFNO2. The van der Waals surface area contributed by atoms with Crippen molar-refractivity contribution in [3.8, 4) is 5.75 Å². The van der Waals surface area contributed by atoms with Gasteiger partial charge in [0.15, 0.2) is 0 Å². The van der Waals surface area contributed by atoms with Crippen LogP contribution in [0.3, 0.4) is 0 Å². The number of halogens is 2. The molecule has 0 saturated heterocycles. The fourth-order valence-corrected chi connectivity index (χ4v) is 1.65. The number of carbonyl (C=O) groups is 1. The van der Waals surface area contributed by atoms with Gasteiger partial charge in [-0.2, -0.15) is 0 Å². The Kier molecular flexibility index (Phi) is 3.58. The molecular weight excluding hydrogens is 257 g/mol. The van der Waals surface area contributed by atoms with Crippen LogP contribution in [0.2, 0.25) is 5.02 Å². The molecule has 0 amide bonds. The molecule has 2 rings (SSSR count). The molecule has 5 heteroatoms. The monoisotopic (exact) mass is 265 g/mol. The van der Waals surface area contributed by atoms with Gasteiger partial charge in [-0.15, -0.1) is 0 Å². The summed E-state index contributed by atoms with van der Waals surface area (Å²) in [5, 5.41) is 0.418.